The number of nitrogens with zero attached hydrogens (tertiary/aromatic N) is 7. The molecule has 24 heteroatoms. The Kier molecular flexibility index (Phi) is 13.1. The molecule has 56 heavy (non-hydrogen) atoms. The zero-order valence-corrected chi connectivity index (χ0v) is 29.1. The molecular formula is C32H27BrF12N8O3. The third kappa shape index (κ3) is 10.5. The normalized spacial score (nSPS) is 12.2. The molecule has 0 saturated carbocycles. The zero-order valence-electron chi connectivity index (χ0n) is 27.4. The van der Waals surface area contributed by atoms with Crippen LogP contribution in [0.5, 0.6) is 0 Å². The van der Waals surface area contributed by atoms with Crippen molar-refractivity contribution in [2.45, 2.75) is 65.0 Å². The highest BCUT2D eigenvalue weighted by Crippen LogP contribution is 2.35. The number of rotatable bonds is 6. The molecule has 0 aliphatic heterocycles. The van der Waals surface area contributed by atoms with E-state index >= 15 is 0 Å². The van der Waals surface area contributed by atoms with E-state index in [1.165, 1.54) is 18.3 Å². The molecule has 0 atom stereocenters. The molecular weight excluding hydrogens is 852 g/mol. The molecule has 304 valence electrons. The molecule has 6 aromatic rings. The van der Waals surface area contributed by atoms with Gasteiger partial charge < -0.3 is 4.98 Å². The van der Waals surface area contributed by atoms with Crippen molar-refractivity contribution in [2.75, 3.05) is 0 Å². The minimum atomic E-state index is -4.98. The van der Waals surface area contributed by atoms with Gasteiger partial charge in [-0.05, 0) is 24.6 Å². The van der Waals surface area contributed by atoms with Gasteiger partial charge >= 0.3 is 24.7 Å². The van der Waals surface area contributed by atoms with Crippen LogP contribution in [0, 0.1) is 6.92 Å². The van der Waals surface area contributed by atoms with Crippen molar-refractivity contribution >= 4 is 28.3 Å². The quantitative estimate of drug-likeness (QED) is 0.170. The molecule has 6 rings (SSSR count). The first-order valence-electron chi connectivity index (χ1n) is 15.1. The highest BCUT2D eigenvalue weighted by atomic mass is 79.9. The molecule has 0 fully saturated rings. The number of halogens is 13. The van der Waals surface area contributed by atoms with Crippen LogP contribution in [-0.4, -0.2) is 50.7 Å². The van der Waals surface area contributed by atoms with Gasteiger partial charge in [-0.25, -0.2) is 4.98 Å². The predicted octanol–water partition coefficient (Wildman–Crippen LogP) is 7.87. The van der Waals surface area contributed by atoms with Gasteiger partial charge in [0.1, 0.15) is 17.0 Å². The summed E-state index contributed by atoms with van der Waals surface area (Å²) in [5.41, 5.74) is -7.57. The minimum Gasteiger partial charge on any atom is -0.336 e. The topological polar surface area (TPSA) is 124 Å². The standard InChI is InChI=1S/C16H12F6N4O.C15H10F6N4O2.CH4.BrH/c1-9-2-4-26-11(6-9)24-13(16(20,21)22)12(14(26)27)10-7-23-25(8-10)5-3-15(17,18)19;16-14(17,18)2-4-24-7-8(6-22-24)11-12(15(19,20)21)23-10-5-9(26)1-3-25(10)13(11)27;;/h2,4,6-8H,3,5H2,1H3;1,3,5-7,23H,2,4H2;1H4;1H. The minimum absolute atomic E-state index is 0. The van der Waals surface area contributed by atoms with E-state index in [0.717, 1.165) is 61.3 Å². The van der Waals surface area contributed by atoms with Crippen molar-refractivity contribution in [3.05, 3.63) is 109 Å². The lowest BCUT2D eigenvalue weighted by Gasteiger charge is -2.13. The molecule has 6 heterocycles. The number of hydrogen-bond donors (Lipinski definition) is 1. The van der Waals surface area contributed by atoms with Crippen LogP contribution in [0.2, 0.25) is 0 Å². The van der Waals surface area contributed by atoms with E-state index in [9.17, 15) is 67.1 Å². The second-order valence-corrected chi connectivity index (χ2v) is 11.6. The lowest BCUT2D eigenvalue weighted by Crippen LogP contribution is -2.25. The zero-order chi connectivity index (χ0) is 40.0. The summed E-state index contributed by atoms with van der Waals surface area (Å²) in [5, 5.41) is 7.22. The Morgan fingerprint density at radius 3 is 1.68 bits per heavy atom. The van der Waals surface area contributed by atoms with Crippen LogP contribution in [0.1, 0.15) is 37.2 Å². The summed E-state index contributed by atoms with van der Waals surface area (Å²) < 4.78 is 158. The van der Waals surface area contributed by atoms with Crippen molar-refractivity contribution in [3.8, 4) is 22.3 Å². The summed E-state index contributed by atoms with van der Waals surface area (Å²) in [6, 6.07) is 4.67. The van der Waals surface area contributed by atoms with E-state index in [-0.39, 0.29) is 46.8 Å². The van der Waals surface area contributed by atoms with Crippen molar-refractivity contribution < 1.29 is 52.7 Å². The van der Waals surface area contributed by atoms with E-state index < -0.39 is 89.7 Å². The Hall–Kier alpha value is -5.42. The van der Waals surface area contributed by atoms with Gasteiger partial charge in [-0.2, -0.15) is 62.9 Å². The van der Waals surface area contributed by atoms with Gasteiger partial charge in [-0.15, -0.1) is 17.0 Å². The SMILES string of the molecule is Br.C.Cc1ccn2c(=O)c(-c3cnn(CCC(F)(F)F)c3)c(C(F)(F)F)nc2c1.O=c1ccn2c(=O)c(-c3cnn(CCC(F)(F)F)c3)c(C(F)(F)F)[nH]c2c1. The van der Waals surface area contributed by atoms with E-state index in [4.69, 9.17) is 0 Å². The Balaban J connectivity index is 0.000000290. The summed E-state index contributed by atoms with van der Waals surface area (Å²) >= 11 is 0. The van der Waals surface area contributed by atoms with E-state index in [0.29, 0.717) is 5.56 Å². The Morgan fingerprint density at radius 1 is 0.679 bits per heavy atom. The maximum absolute atomic E-state index is 13.5. The van der Waals surface area contributed by atoms with Gasteiger partial charge in [0.2, 0.25) is 0 Å². The number of aromatic nitrogens is 8. The maximum atomic E-state index is 13.5. The molecule has 1 N–H and O–H groups in total. The molecule has 0 aliphatic rings. The average Bonchev–Trinajstić information content (AvgIpc) is 3.71. The fourth-order valence-electron chi connectivity index (χ4n) is 5.07. The Labute approximate surface area is 315 Å². The number of pyridine rings is 2. The number of hydrogen-bond acceptors (Lipinski definition) is 6. The lowest BCUT2D eigenvalue weighted by atomic mass is 10.1. The van der Waals surface area contributed by atoms with E-state index in [1.807, 2.05) is 4.98 Å². The number of aromatic amines is 1. The first kappa shape index (κ1) is 45.0. The lowest BCUT2D eigenvalue weighted by molar-refractivity contribution is -0.141. The number of fused-ring (bicyclic) bond motifs is 2. The molecule has 0 radical (unpaired) electrons. The van der Waals surface area contributed by atoms with Crippen molar-refractivity contribution in [2.24, 2.45) is 0 Å². The molecule has 0 saturated heterocycles. The van der Waals surface area contributed by atoms with Crippen LogP contribution >= 0.6 is 17.0 Å². The predicted molar refractivity (Wildman–Crippen MR) is 181 cm³/mol. The largest absolute Gasteiger partial charge is 0.434 e. The van der Waals surface area contributed by atoms with Crippen LogP contribution < -0.4 is 16.5 Å². The first-order chi connectivity index (χ1) is 24.9. The van der Waals surface area contributed by atoms with Gasteiger partial charge in [-0.1, -0.05) is 7.43 Å². The number of alkyl halides is 12. The third-order valence-corrected chi connectivity index (χ3v) is 7.49. The third-order valence-electron chi connectivity index (χ3n) is 7.49. The van der Waals surface area contributed by atoms with Crippen LogP contribution in [0.4, 0.5) is 52.7 Å². The number of aryl methyl sites for hydroxylation is 3. The molecule has 0 bridgehead atoms. The van der Waals surface area contributed by atoms with E-state index in [2.05, 4.69) is 15.2 Å². The molecule has 0 amide bonds. The fraction of sp³-hybridized carbons (Fsp3) is 0.312. The fourth-order valence-corrected chi connectivity index (χ4v) is 5.07. The van der Waals surface area contributed by atoms with Crippen molar-refractivity contribution in [1.29, 1.82) is 0 Å². The summed E-state index contributed by atoms with van der Waals surface area (Å²) in [5.74, 6) is 0. The van der Waals surface area contributed by atoms with Gasteiger partial charge in [0, 0.05) is 61.1 Å². The van der Waals surface area contributed by atoms with Crippen LogP contribution in [-0.2, 0) is 25.4 Å². The molecule has 0 aliphatic carbocycles. The molecule has 0 unspecified atom stereocenters. The highest BCUT2D eigenvalue weighted by molar-refractivity contribution is 8.93. The second-order valence-electron chi connectivity index (χ2n) is 11.6. The van der Waals surface area contributed by atoms with Crippen LogP contribution in [0.3, 0.4) is 0 Å². The summed E-state index contributed by atoms with van der Waals surface area (Å²) in [6.45, 7) is 0.452. The molecule has 0 spiro atoms. The summed E-state index contributed by atoms with van der Waals surface area (Å²) in [4.78, 5) is 42.1. The first-order valence-corrected chi connectivity index (χ1v) is 15.1. The van der Waals surface area contributed by atoms with Gasteiger partial charge in [-0.3, -0.25) is 32.5 Å². The van der Waals surface area contributed by atoms with Crippen molar-refractivity contribution in [1.82, 2.24) is 38.3 Å². The Bertz CT molecular complexity index is 2510. The average molecular weight is 880 g/mol. The van der Waals surface area contributed by atoms with Gasteiger partial charge in [0.05, 0.1) is 36.4 Å². The van der Waals surface area contributed by atoms with Gasteiger partial charge in [0.15, 0.2) is 11.1 Å². The summed E-state index contributed by atoms with van der Waals surface area (Å²) in [7, 11) is 0. The van der Waals surface area contributed by atoms with Crippen molar-refractivity contribution in [3.63, 3.8) is 0 Å². The van der Waals surface area contributed by atoms with Gasteiger partial charge in [0.25, 0.3) is 11.1 Å². The second kappa shape index (κ2) is 16.4. The Morgan fingerprint density at radius 2 is 1.18 bits per heavy atom. The number of H-pyrrole nitrogens is 1. The molecule has 0 aromatic carbocycles. The van der Waals surface area contributed by atoms with Crippen LogP contribution in [0.25, 0.3) is 33.5 Å². The maximum Gasteiger partial charge on any atom is 0.434 e. The van der Waals surface area contributed by atoms with E-state index in [1.54, 1.807) is 6.92 Å². The molecule has 11 nitrogen and oxygen atoms in total. The van der Waals surface area contributed by atoms with Crippen LogP contribution in [0.15, 0.2) is 75.8 Å². The number of nitrogens with one attached hydrogen (secondary N) is 1. The molecule has 6 aromatic heterocycles. The summed E-state index contributed by atoms with van der Waals surface area (Å²) in [6.07, 6.45) is -15.2. The monoisotopic (exact) mass is 878 g/mol. The highest BCUT2D eigenvalue weighted by Gasteiger charge is 2.39. The smallest absolute Gasteiger partial charge is 0.336 e.